The van der Waals surface area contributed by atoms with Gasteiger partial charge in [0.25, 0.3) is 0 Å². The second-order valence-electron chi connectivity index (χ2n) is 9.41. The van der Waals surface area contributed by atoms with Crippen molar-refractivity contribution in [2.45, 2.75) is 58.3 Å². The first kappa shape index (κ1) is 25.4. The molecule has 0 bridgehead atoms. The van der Waals surface area contributed by atoms with Crippen molar-refractivity contribution >= 4 is 11.7 Å². The fourth-order valence-electron chi connectivity index (χ4n) is 4.42. The molecule has 3 rings (SSSR count). The van der Waals surface area contributed by atoms with Crippen LogP contribution in [-0.2, 0) is 6.42 Å². The highest BCUT2D eigenvalue weighted by atomic mass is 16.5. The van der Waals surface area contributed by atoms with Gasteiger partial charge in [0.2, 0.25) is 0 Å². The molecule has 3 aromatic carbocycles. The van der Waals surface area contributed by atoms with E-state index in [9.17, 15) is 4.79 Å². The molecular formula is C30H38N2O2. The van der Waals surface area contributed by atoms with E-state index in [2.05, 4.69) is 86.9 Å². The van der Waals surface area contributed by atoms with Gasteiger partial charge in [-0.3, -0.25) is 0 Å². The van der Waals surface area contributed by atoms with Gasteiger partial charge in [-0.05, 0) is 53.0 Å². The Kier molecular flexibility index (Phi) is 9.15. The lowest BCUT2D eigenvalue weighted by Crippen LogP contribution is -2.33. The quantitative estimate of drug-likeness (QED) is 0.331. The minimum Gasteiger partial charge on any atom is -0.496 e. The Morgan fingerprint density at radius 2 is 1.44 bits per heavy atom. The monoisotopic (exact) mass is 458 g/mol. The van der Waals surface area contributed by atoms with Crippen LogP contribution in [0.25, 0.3) is 0 Å². The number of methoxy groups -OCH3 is 1. The summed E-state index contributed by atoms with van der Waals surface area (Å²) in [6.07, 6.45) is 1.78. The number of nitrogens with one attached hydrogen (secondary N) is 2. The maximum atomic E-state index is 13.0. The molecule has 0 unspecified atom stereocenters. The van der Waals surface area contributed by atoms with Crippen LogP contribution in [-0.4, -0.2) is 19.7 Å². The molecule has 3 aromatic rings. The van der Waals surface area contributed by atoms with Crippen LogP contribution < -0.4 is 15.4 Å². The Balaban J connectivity index is 1.73. The van der Waals surface area contributed by atoms with Gasteiger partial charge in [0.05, 0.1) is 7.11 Å². The molecule has 34 heavy (non-hydrogen) atoms. The first-order chi connectivity index (χ1) is 16.4. The van der Waals surface area contributed by atoms with Gasteiger partial charge in [-0.2, -0.15) is 0 Å². The second kappa shape index (κ2) is 12.3. The molecule has 0 aliphatic carbocycles. The summed E-state index contributed by atoms with van der Waals surface area (Å²) in [6.45, 7) is 9.20. The molecule has 4 heteroatoms. The van der Waals surface area contributed by atoms with Crippen molar-refractivity contribution in [1.82, 2.24) is 5.32 Å². The normalized spacial score (nSPS) is 12.0. The van der Waals surface area contributed by atoms with Crippen LogP contribution in [0.4, 0.5) is 10.5 Å². The summed E-state index contributed by atoms with van der Waals surface area (Å²) in [7, 11) is 1.71. The third-order valence-electron chi connectivity index (χ3n) is 6.35. The molecule has 0 aliphatic heterocycles. The van der Waals surface area contributed by atoms with E-state index in [1.807, 2.05) is 24.3 Å². The van der Waals surface area contributed by atoms with Crippen LogP contribution in [0.2, 0.25) is 0 Å². The largest absolute Gasteiger partial charge is 0.496 e. The predicted molar refractivity (Wildman–Crippen MR) is 142 cm³/mol. The summed E-state index contributed by atoms with van der Waals surface area (Å²) < 4.78 is 5.53. The van der Waals surface area contributed by atoms with Gasteiger partial charge < -0.3 is 15.4 Å². The van der Waals surface area contributed by atoms with E-state index in [0.717, 1.165) is 35.4 Å². The number of rotatable bonds is 10. The van der Waals surface area contributed by atoms with Crippen molar-refractivity contribution in [3.63, 3.8) is 0 Å². The highest BCUT2D eigenvalue weighted by molar-refractivity contribution is 5.91. The van der Waals surface area contributed by atoms with Crippen molar-refractivity contribution in [3.05, 3.63) is 95.1 Å². The summed E-state index contributed by atoms with van der Waals surface area (Å²) >= 11 is 0. The number of aryl methyl sites for hydroxylation is 1. The fourth-order valence-corrected chi connectivity index (χ4v) is 4.42. The zero-order valence-electron chi connectivity index (χ0n) is 21.1. The van der Waals surface area contributed by atoms with Gasteiger partial charge in [0, 0.05) is 18.2 Å². The molecule has 0 aromatic heterocycles. The van der Waals surface area contributed by atoms with E-state index in [-0.39, 0.29) is 11.9 Å². The topological polar surface area (TPSA) is 50.4 Å². The van der Waals surface area contributed by atoms with E-state index >= 15 is 0 Å². The van der Waals surface area contributed by atoms with E-state index in [4.69, 9.17) is 4.74 Å². The van der Waals surface area contributed by atoms with Crippen LogP contribution in [0.1, 0.15) is 74.1 Å². The summed E-state index contributed by atoms with van der Waals surface area (Å²) in [6, 6.07) is 24.7. The van der Waals surface area contributed by atoms with Crippen LogP contribution >= 0.6 is 0 Å². The minimum absolute atomic E-state index is 0.159. The minimum atomic E-state index is -0.159. The van der Waals surface area contributed by atoms with Crippen LogP contribution in [0.5, 0.6) is 5.75 Å². The summed E-state index contributed by atoms with van der Waals surface area (Å²) in [4.78, 5) is 13.0. The van der Waals surface area contributed by atoms with Crippen molar-refractivity contribution in [2.24, 2.45) is 0 Å². The Morgan fingerprint density at radius 3 is 2.06 bits per heavy atom. The maximum Gasteiger partial charge on any atom is 0.319 e. The molecule has 4 nitrogen and oxygen atoms in total. The zero-order chi connectivity index (χ0) is 24.5. The number of para-hydroxylation sites is 2. The lowest BCUT2D eigenvalue weighted by molar-refractivity contribution is 0.251. The predicted octanol–water partition coefficient (Wildman–Crippen LogP) is 7.48. The molecule has 1 atom stereocenters. The van der Waals surface area contributed by atoms with Gasteiger partial charge in [0.1, 0.15) is 5.75 Å². The molecule has 0 saturated carbocycles. The van der Waals surface area contributed by atoms with Gasteiger partial charge in [0.15, 0.2) is 0 Å². The molecule has 0 heterocycles. The average molecular weight is 459 g/mol. The molecule has 0 saturated heterocycles. The molecule has 0 radical (unpaired) electrons. The SMILES string of the molecule is COc1ccccc1CC[C@@H](CNC(=O)Nc1c(C(C)C)cccc1C(C)C)c1ccccc1. The molecule has 0 spiro atoms. The number of carbonyl (C=O) groups is 1. The van der Waals surface area contributed by atoms with Crippen LogP contribution in [0.3, 0.4) is 0 Å². The lowest BCUT2D eigenvalue weighted by atomic mass is 9.92. The Morgan fingerprint density at radius 1 is 0.824 bits per heavy atom. The van der Waals surface area contributed by atoms with Gasteiger partial charge in [-0.25, -0.2) is 4.79 Å². The molecule has 2 amide bonds. The standard InChI is InChI=1S/C30H38N2O2/c1-21(2)26-15-11-16-27(22(3)4)29(26)32-30(33)31-20-25(23-12-7-6-8-13-23)19-18-24-14-9-10-17-28(24)34-5/h6-17,21-22,25H,18-20H2,1-5H3,(H2,31,32,33)/t25-/m0/s1. The number of anilines is 1. The number of carbonyl (C=O) groups excluding carboxylic acids is 1. The number of ether oxygens (including phenoxy) is 1. The number of benzene rings is 3. The van der Waals surface area contributed by atoms with E-state index < -0.39 is 0 Å². The van der Waals surface area contributed by atoms with Crippen LogP contribution in [0, 0.1) is 0 Å². The summed E-state index contributed by atoms with van der Waals surface area (Å²) in [5.41, 5.74) is 5.68. The molecule has 0 aliphatic rings. The average Bonchev–Trinajstić information content (AvgIpc) is 2.84. The summed E-state index contributed by atoms with van der Waals surface area (Å²) in [5.74, 6) is 1.76. The fraction of sp³-hybridized carbons (Fsp3) is 0.367. The lowest BCUT2D eigenvalue weighted by Gasteiger charge is -2.22. The van der Waals surface area contributed by atoms with E-state index in [1.54, 1.807) is 7.11 Å². The van der Waals surface area contributed by atoms with Gasteiger partial charge in [-0.15, -0.1) is 0 Å². The summed E-state index contributed by atoms with van der Waals surface area (Å²) in [5, 5.41) is 6.32. The smallest absolute Gasteiger partial charge is 0.319 e. The van der Waals surface area contributed by atoms with Gasteiger partial charge in [-0.1, -0.05) is 94.4 Å². The third kappa shape index (κ3) is 6.63. The van der Waals surface area contributed by atoms with Crippen molar-refractivity contribution in [2.75, 3.05) is 19.0 Å². The highest BCUT2D eigenvalue weighted by Gasteiger charge is 2.18. The Labute approximate surface area is 204 Å². The van der Waals surface area contributed by atoms with Gasteiger partial charge >= 0.3 is 6.03 Å². The number of hydrogen-bond donors (Lipinski definition) is 2. The first-order valence-electron chi connectivity index (χ1n) is 12.2. The first-order valence-corrected chi connectivity index (χ1v) is 12.2. The van der Waals surface area contributed by atoms with Crippen molar-refractivity contribution in [1.29, 1.82) is 0 Å². The van der Waals surface area contributed by atoms with E-state index in [1.165, 1.54) is 11.1 Å². The molecular weight excluding hydrogens is 420 g/mol. The number of hydrogen-bond acceptors (Lipinski definition) is 2. The number of amides is 2. The van der Waals surface area contributed by atoms with Crippen molar-refractivity contribution < 1.29 is 9.53 Å². The number of urea groups is 1. The Hall–Kier alpha value is -3.27. The third-order valence-corrected chi connectivity index (χ3v) is 6.35. The molecule has 2 N–H and O–H groups in total. The van der Waals surface area contributed by atoms with E-state index in [0.29, 0.717) is 18.4 Å². The van der Waals surface area contributed by atoms with Crippen molar-refractivity contribution in [3.8, 4) is 5.75 Å². The second-order valence-corrected chi connectivity index (χ2v) is 9.41. The highest BCUT2D eigenvalue weighted by Crippen LogP contribution is 2.32. The zero-order valence-corrected chi connectivity index (χ0v) is 21.1. The van der Waals surface area contributed by atoms with Crippen LogP contribution in [0.15, 0.2) is 72.8 Å². The molecule has 0 fully saturated rings. The Bertz CT molecular complexity index is 1030. The molecule has 180 valence electrons. The maximum absolute atomic E-state index is 13.0.